The van der Waals surface area contributed by atoms with Crippen LogP contribution in [0.1, 0.15) is 0 Å². The van der Waals surface area contributed by atoms with Gasteiger partial charge < -0.3 is 14.8 Å². The number of sulfonamides is 1. The molecule has 2 aromatic rings. The van der Waals surface area contributed by atoms with E-state index in [-0.39, 0.29) is 17.5 Å². The zero-order chi connectivity index (χ0) is 18.9. The molecule has 1 N–H and O–H groups in total. The van der Waals surface area contributed by atoms with Crippen LogP contribution in [0.15, 0.2) is 36.4 Å². The monoisotopic (exact) mass is 400 g/mol. The molecule has 0 aromatic heterocycles. The number of nitrogens with one attached hydrogen (secondary N) is 1. The number of carbonyl (C=O) groups is 1. The first kappa shape index (κ1) is 18.3. The molecule has 0 fully saturated rings. The van der Waals surface area contributed by atoms with E-state index in [1.54, 1.807) is 18.2 Å². The molecular formula is C16H14ClFN2O5S. The summed E-state index contributed by atoms with van der Waals surface area (Å²) in [5, 5.41) is 2.66. The highest BCUT2D eigenvalue weighted by Gasteiger charge is 2.24. The van der Waals surface area contributed by atoms with Crippen molar-refractivity contribution in [3.8, 4) is 11.5 Å². The summed E-state index contributed by atoms with van der Waals surface area (Å²) in [5.74, 6) is -0.488. The molecule has 2 aromatic carbocycles. The maximum Gasteiger partial charge on any atom is 0.245 e. The van der Waals surface area contributed by atoms with E-state index < -0.39 is 28.3 Å². The molecule has 1 aliphatic heterocycles. The summed E-state index contributed by atoms with van der Waals surface area (Å²) < 4.78 is 49.2. The normalized spacial score (nSPS) is 12.7. The van der Waals surface area contributed by atoms with Crippen LogP contribution in [0.3, 0.4) is 0 Å². The number of anilines is 2. The van der Waals surface area contributed by atoms with Gasteiger partial charge in [0, 0.05) is 16.8 Å². The quantitative estimate of drug-likeness (QED) is 0.833. The number of carbonyl (C=O) groups excluding carboxylic acids is 1. The molecule has 0 aliphatic carbocycles. The topological polar surface area (TPSA) is 84.9 Å². The highest BCUT2D eigenvalue weighted by molar-refractivity contribution is 7.92. The van der Waals surface area contributed by atoms with Crippen LogP contribution in [0.4, 0.5) is 15.8 Å². The summed E-state index contributed by atoms with van der Waals surface area (Å²) in [7, 11) is -3.91. The average Bonchev–Trinajstić information content (AvgIpc) is 3.00. The van der Waals surface area contributed by atoms with E-state index in [1.165, 1.54) is 12.1 Å². The number of ether oxygens (including phenoxy) is 2. The lowest BCUT2D eigenvalue weighted by atomic mass is 10.2. The second-order valence-corrected chi connectivity index (χ2v) is 7.82. The fourth-order valence-corrected chi connectivity index (χ4v) is 3.39. The lowest BCUT2D eigenvalue weighted by Gasteiger charge is -2.22. The van der Waals surface area contributed by atoms with Crippen LogP contribution >= 0.6 is 11.6 Å². The standard InChI is InChI=1S/C16H14ClFN2O5S/c1-26(22,23)20(13-4-2-10(17)6-12(13)18)8-16(21)19-11-3-5-14-15(7-11)25-9-24-14/h2-7H,8-9H2,1H3,(H,19,21). The van der Waals surface area contributed by atoms with Gasteiger partial charge in [0.1, 0.15) is 12.4 Å². The lowest BCUT2D eigenvalue weighted by Crippen LogP contribution is -2.38. The third-order valence-electron chi connectivity index (χ3n) is 3.52. The number of hydrogen-bond acceptors (Lipinski definition) is 5. The van der Waals surface area contributed by atoms with Crippen LogP contribution in [0.25, 0.3) is 0 Å². The van der Waals surface area contributed by atoms with Crippen LogP contribution in [-0.2, 0) is 14.8 Å². The number of amides is 1. The maximum atomic E-state index is 14.1. The first-order chi connectivity index (χ1) is 12.2. The lowest BCUT2D eigenvalue weighted by molar-refractivity contribution is -0.114. The molecule has 1 heterocycles. The van der Waals surface area contributed by atoms with Gasteiger partial charge in [0.05, 0.1) is 11.9 Å². The van der Waals surface area contributed by atoms with Crippen molar-refractivity contribution >= 4 is 38.9 Å². The van der Waals surface area contributed by atoms with Gasteiger partial charge in [-0.15, -0.1) is 0 Å². The molecule has 0 bridgehead atoms. The molecule has 0 spiro atoms. The first-order valence-electron chi connectivity index (χ1n) is 7.36. The predicted molar refractivity (Wildman–Crippen MR) is 94.8 cm³/mol. The zero-order valence-electron chi connectivity index (χ0n) is 13.5. The zero-order valence-corrected chi connectivity index (χ0v) is 15.1. The van der Waals surface area contributed by atoms with Crippen LogP contribution in [-0.4, -0.2) is 33.9 Å². The van der Waals surface area contributed by atoms with E-state index in [4.69, 9.17) is 21.1 Å². The Balaban J connectivity index is 1.80. The van der Waals surface area contributed by atoms with Crippen molar-refractivity contribution in [1.82, 2.24) is 0 Å². The molecule has 0 radical (unpaired) electrons. The van der Waals surface area contributed by atoms with Crippen molar-refractivity contribution in [3.63, 3.8) is 0 Å². The summed E-state index contributed by atoms with van der Waals surface area (Å²) in [4.78, 5) is 12.3. The minimum atomic E-state index is -3.91. The maximum absolute atomic E-state index is 14.1. The largest absolute Gasteiger partial charge is 0.454 e. The van der Waals surface area contributed by atoms with Gasteiger partial charge in [0.2, 0.25) is 22.7 Å². The first-order valence-corrected chi connectivity index (χ1v) is 9.59. The summed E-state index contributed by atoms with van der Waals surface area (Å²) in [6, 6.07) is 8.27. The SMILES string of the molecule is CS(=O)(=O)N(CC(=O)Nc1ccc2c(c1)OCO2)c1ccc(Cl)cc1F. The third-order valence-corrected chi connectivity index (χ3v) is 4.88. The number of halogens is 2. The number of benzene rings is 2. The van der Waals surface area contributed by atoms with Gasteiger partial charge in [-0.05, 0) is 30.3 Å². The highest BCUT2D eigenvalue weighted by atomic mass is 35.5. The molecule has 0 saturated heterocycles. The molecule has 0 saturated carbocycles. The van der Waals surface area contributed by atoms with Crippen LogP contribution in [0, 0.1) is 5.82 Å². The minimum absolute atomic E-state index is 0.0877. The fourth-order valence-electron chi connectivity index (χ4n) is 2.37. The Kier molecular flexibility index (Phi) is 4.92. The fraction of sp³-hybridized carbons (Fsp3) is 0.188. The molecule has 10 heteroatoms. The van der Waals surface area contributed by atoms with Crippen molar-refractivity contribution in [2.75, 3.05) is 29.2 Å². The van der Waals surface area contributed by atoms with Gasteiger partial charge in [-0.3, -0.25) is 9.10 Å². The van der Waals surface area contributed by atoms with Crippen LogP contribution < -0.4 is 19.1 Å². The summed E-state index contributed by atoms with van der Waals surface area (Å²) in [6.45, 7) is -0.518. The Morgan fingerprint density at radius 3 is 2.65 bits per heavy atom. The summed E-state index contributed by atoms with van der Waals surface area (Å²) >= 11 is 5.69. The third kappa shape index (κ3) is 4.00. The van der Waals surface area contributed by atoms with Gasteiger partial charge >= 0.3 is 0 Å². The summed E-state index contributed by atoms with van der Waals surface area (Å²) in [5.41, 5.74) is 0.127. The molecule has 26 heavy (non-hydrogen) atoms. The van der Waals surface area contributed by atoms with Crippen molar-refractivity contribution in [2.45, 2.75) is 0 Å². The van der Waals surface area contributed by atoms with Crippen molar-refractivity contribution in [1.29, 1.82) is 0 Å². The Morgan fingerprint density at radius 2 is 1.96 bits per heavy atom. The Labute approximate surface area is 154 Å². The number of hydrogen-bond donors (Lipinski definition) is 1. The highest BCUT2D eigenvalue weighted by Crippen LogP contribution is 2.34. The van der Waals surface area contributed by atoms with Crippen molar-refractivity contribution < 1.29 is 27.1 Å². The van der Waals surface area contributed by atoms with E-state index in [0.717, 1.165) is 12.3 Å². The minimum Gasteiger partial charge on any atom is -0.454 e. The second-order valence-electron chi connectivity index (χ2n) is 5.48. The molecule has 0 atom stereocenters. The number of fused-ring (bicyclic) bond motifs is 1. The van der Waals surface area contributed by atoms with Gasteiger partial charge in [-0.25, -0.2) is 12.8 Å². The predicted octanol–water partition coefficient (Wildman–Crippen LogP) is 2.61. The Hall–Kier alpha value is -2.52. The second kappa shape index (κ2) is 7.00. The number of nitrogens with zero attached hydrogens (tertiary/aromatic N) is 1. The average molecular weight is 401 g/mol. The molecule has 7 nitrogen and oxygen atoms in total. The van der Waals surface area contributed by atoms with Crippen molar-refractivity contribution in [2.24, 2.45) is 0 Å². The summed E-state index contributed by atoms with van der Waals surface area (Å²) in [6.07, 6.45) is 0.884. The van der Waals surface area contributed by atoms with E-state index in [0.29, 0.717) is 21.5 Å². The van der Waals surface area contributed by atoms with Gasteiger partial charge in [-0.2, -0.15) is 0 Å². The molecular weight excluding hydrogens is 387 g/mol. The smallest absolute Gasteiger partial charge is 0.245 e. The van der Waals surface area contributed by atoms with E-state index >= 15 is 0 Å². The van der Waals surface area contributed by atoms with E-state index in [1.807, 2.05) is 0 Å². The van der Waals surface area contributed by atoms with Gasteiger partial charge in [-0.1, -0.05) is 11.6 Å². The van der Waals surface area contributed by atoms with Crippen molar-refractivity contribution in [3.05, 3.63) is 47.2 Å². The molecule has 3 rings (SSSR count). The molecule has 0 unspecified atom stereocenters. The molecule has 1 aliphatic rings. The van der Waals surface area contributed by atoms with Crippen LogP contribution in [0.5, 0.6) is 11.5 Å². The van der Waals surface area contributed by atoms with E-state index in [2.05, 4.69) is 5.32 Å². The Morgan fingerprint density at radius 1 is 1.23 bits per heavy atom. The van der Waals surface area contributed by atoms with Gasteiger partial charge in [0.15, 0.2) is 11.5 Å². The molecule has 138 valence electrons. The van der Waals surface area contributed by atoms with Crippen LogP contribution in [0.2, 0.25) is 5.02 Å². The molecule has 1 amide bonds. The Bertz CT molecular complexity index is 967. The van der Waals surface area contributed by atoms with Gasteiger partial charge in [0.25, 0.3) is 0 Å². The number of rotatable bonds is 5. The van der Waals surface area contributed by atoms with E-state index in [9.17, 15) is 17.6 Å².